The zero-order chi connectivity index (χ0) is 12.1. The number of aryl methyl sites for hydroxylation is 1. The third-order valence-corrected chi connectivity index (χ3v) is 3.39. The summed E-state index contributed by atoms with van der Waals surface area (Å²) in [6, 6.07) is 13.6. The number of thioether (sulfide) groups is 1. The minimum absolute atomic E-state index is 0.110. The van der Waals surface area contributed by atoms with Crippen LogP contribution >= 0.6 is 11.8 Å². The van der Waals surface area contributed by atoms with Crippen molar-refractivity contribution < 1.29 is 0 Å². The van der Waals surface area contributed by atoms with Gasteiger partial charge in [-0.3, -0.25) is 4.79 Å². The van der Waals surface area contributed by atoms with Gasteiger partial charge in [0.05, 0.1) is 5.69 Å². The highest BCUT2D eigenvalue weighted by molar-refractivity contribution is 7.99. The van der Waals surface area contributed by atoms with Crippen LogP contribution in [0.25, 0.3) is 0 Å². The molecule has 1 heterocycles. The first kappa shape index (κ1) is 11.8. The molecule has 1 aromatic heterocycles. The average molecular weight is 246 g/mol. The van der Waals surface area contributed by atoms with Crippen LogP contribution < -0.4 is 11.3 Å². The van der Waals surface area contributed by atoms with Gasteiger partial charge in [-0.1, -0.05) is 18.2 Å². The molecule has 2 N–H and O–H groups in total. The normalized spacial score (nSPS) is 10.4. The molecule has 2 aromatic rings. The highest BCUT2D eigenvalue weighted by Crippen LogP contribution is 2.16. The summed E-state index contributed by atoms with van der Waals surface area (Å²) in [5.41, 5.74) is 5.76. The number of rotatable bonds is 4. The first-order chi connectivity index (χ1) is 8.27. The van der Waals surface area contributed by atoms with Gasteiger partial charge in [-0.05, 0) is 24.3 Å². The Kier molecular flexibility index (Phi) is 3.88. The Hall–Kier alpha value is -1.68. The number of hydrogen-bond donors (Lipinski definition) is 1. The van der Waals surface area contributed by atoms with E-state index < -0.39 is 0 Å². The van der Waals surface area contributed by atoms with Crippen molar-refractivity contribution in [3.8, 4) is 0 Å². The Morgan fingerprint density at radius 3 is 2.65 bits per heavy atom. The Morgan fingerprint density at radius 1 is 1.12 bits per heavy atom. The molecule has 4 heteroatoms. The fourth-order valence-electron chi connectivity index (χ4n) is 1.51. The lowest BCUT2D eigenvalue weighted by Crippen LogP contribution is -2.22. The van der Waals surface area contributed by atoms with Crippen LogP contribution in [0, 0.1) is 0 Å². The summed E-state index contributed by atoms with van der Waals surface area (Å²) in [6.45, 7) is 0.670. The van der Waals surface area contributed by atoms with E-state index in [1.165, 1.54) is 4.90 Å². The molecule has 0 atom stereocenters. The van der Waals surface area contributed by atoms with Gasteiger partial charge in [-0.15, -0.1) is 11.8 Å². The number of nitrogens with two attached hydrogens (primary N) is 1. The van der Waals surface area contributed by atoms with Gasteiger partial charge in [-0.2, -0.15) is 0 Å². The number of nitrogens with zero attached hydrogens (tertiary/aromatic N) is 1. The number of pyridine rings is 1. The maximum atomic E-state index is 11.6. The molecule has 0 bridgehead atoms. The smallest absolute Gasteiger partial charge is 0.273 e. The number of benzene rings is 1. The lowest BCUT2D eigenvalue weighted by Gasteiger charge is -2.05. The van der Waals surface area contributed by atoms with Crippen molar-refractivity contribution in [2.45, 2.75) is 11.4 Å². The molecule has 3 nitrogen and oxygen atoms in total. The van der Waals surface area contributed by atoms with E-state index >= 15 is 0 Å². The van der Waals surface area contributed by atoms with Crippen molar-refractivity contribution in [3.63, 3.8) is 0 Å². The summed E-state index contributed by atoms with van der Waals surface area (Å²) in [4.78, 5) is 12.9. The quantitative estimate of drug-likeness (QED) is 0.841. The molecule has 0 aliphatic carbocycles. The Morgan fingerprint density at radius 2 is 1.88 bits per heavy atom. The molecule has 0 spiro atoms. The highest BCUT2D eigenvalue weighted by Gasteiger charge is 1.99. The zero-order valence-corrected chi connectivity index (χ0v) is 10.2. The lowest BCUT2D eigenvalue weighted by atomic mass is 10.4. The molecule has 0 fully saturated rings. The van der Waals surface area contributed by atoms with Gasteiger partial charge in [0.25, 0.3) is 5.56 Å². The minimum atomic E-state index is -0.110. The maximum absolute atomic E-state index is 11.6. The van der Waals surface area contributed by atoms with Gasteiger partial charge >= 0.3 is 0 Å². The zero-order valence-electron chi connectivity index (χ0n) is 9.37. The second-order valence-electron chi connectivity index (χ2n) is 3.62. The molecule has 1 aromatic carbocycles. The lowest BCUT2D eigenvalue weighted by molar-refractivity contribution is 0.738. The van der Waals surface area contributed by atoms with Gasteiger partial charge in [0, 0.05) is 23.4 Å². The van der Waals surface area contributed by atoms with Crippen LogP contribution in [-0.4, -0.2) is 10.3 Å². The summed E-state index contributed by atoms with van der Waals surface area (Å²) in [7, 11) is 0. The number of anilines is 1. The third-order valence-electron chi connectivity index (χ3n) is 2.39. The largest absolute Gasteiger partial charge is 0.394 e. The molecule has 0 aliphatic heterocycles. The van der Waals surface area contributed by atoms with Gasteiger partial charge < -0.3 is 10.3 Å². The molecule has 0 saturated heterocycles. The Labute approximate surface area is 104 Å². The topological polar surface area (TPSA) is 48.0 Å². The first-order valence-electron chi connectivity index (χ1n) is 5.40. The van der Waals surface area contributed by atoms with E-state index in [0.29, 0.717) is 12.2 Å². The average Bonchev–Trinajstić information content (AvgIpc) is 2.36. The number of hydrogen-bond acceptors (Lipinski definition) is 3. The Bertz CT molecular complexity index is 537. The number of nitrogen functional groups attached to an aromatic ring is 1. The van der Waals surface area contributed by atoms with Crippen molar-refractivity contribution in [2.75, 3.05) is 11.5 Å². The fraction of sp³-hybridized carbons (Fsp3) is 0.154. The van der Waals surface area contributed by atoms with Gasteiger partial charge in [0.2, 0.25) is 0 Å². The van der Waals surface area contributed by atoms with Crippen LogP contribution in [0.5, 0.6) is 0 Å². The SMILES string of the molecule is Nc1cccn(CCSc2ccccc2)c1=O. The van der Waals surface area contributed by atoms with Crippen molar-refractivity contribution in [1.82, 2.24) is 4.57 Å². The monoisotopic (exact) mass is 246 g/mol. The molecule has 0 saturated carbocycles. The number of aromatic nitrogens is 1. The molecular formula is C13H14N2OS. The summed E-state index contributed by atoms with van der Waals surface area (Å²) < 4.78 is 1.64. The van der Waals surface area contributed by atoms with Gasteiger partial charge in [0.1, 0.15) is 0 Å². The predicted molar refractivity (Wildman–Crippen MR) is 72.3 cm³/mol. The summed E-state index contributed by atoms with van der Waals surface area (Å²) in [6.07, 6.45) is 1.77. The molecule has 17 heavy (non-hydrogen) atoms. The van der Waals surface area contributed by atoms with Crippen molar-refractivity contribution >= 4 is 17.4 Å². The van der Waals surface area contributed by atoms with Crippen LogP contribution in [0.15, 0.2) is 58.4 Å². The highest BCUT2D eigenvalue weighted by atomic mass is 32.2. The third kappa shape index (κ3) is 3.14. The van der Waals surface area contributed by atoms with Crippen LogP contribution in [0.4, 0.5) is 5.69 Å². The fourth-order valence-corrected chi connectivity index (χ4v) is 2.38. The van der Waals surface area contributed by atoms with E-state index in [4.69, 9.17) is 5.73 Å². The first-order valence-corrected chi connectivity index (χ1v) is 6.39. The van der Waals surface area contributed by atoms with E-state index in [9.17, 15) is 4.79 Å². The molecule has 2 rings (SSSR count). The van der Waals surface area contributed by atoms with Crippen LogP contribution in [0.1, 0.15) is 0 Å². The second-order valence-corrected chi connectivity index (χ2v) is 4.79. The van der Waals surface area contributed by atoms with Gasteiger partial charge in [0.15, 0.2) is 0 Å². The van der Waals surface area contributed by atoms with Crippen LogP contribution in [0.3, 0.4) is 0 Å². The minimum Gasteiger partial charge on any atom is -0.394 e. The molecule has 0 aliphatic rings. The Balaban J connectivity index is 1.95. The van der Waals surface area contributed by atoms with E-state index in [-0.39, 0.29) is 5.56 Å². The van der Waals surface area contributed by atoms with E-state index in [1.54, 1.807) is 34.7 Å². The van der Waals surface area contributed by atoms with E-state index in [0.717, 1.165) is 5.75 Å². The molecule has 0 unspecified atom stereocenters. The van der Waals surface area contributed by atoms with Crippen molar-refractivity contribution in [2.24, 2.45) is 0 Å². The van der Waals surface area contributed by atoms with Crippen LogP contribution in [0.2, 0.25) is 0 Å². The molecule has 88 valence electrons. The van der Waals surface area contributed by atoms with Crippen molar-refractivity contribution in [3.05, 3.63) is 59.0 Å². The predicted octanol–water partition coefficient (Wildman–Crippen LogP) is 2.22. The van der Waals surface area contributed by atoms with Crippen molar-refractivity contribution in [1.29, 1.82) is 0 Å². The van der Waals surface area contributed by atoms with Crippen LogP contribution in [-0.2, 0) is 6.54 Å². The molecule has 0 radical (unpaired) electrons. The second kappa shape index (κ2) is 5.59. The standard InChI is InChI=1S/C13H14N2OS/c14-12-7-4-8-15(13(12)16)9-10-17-11-5-2-1-3-6-11/h1-8H,9-10,14H2. The summed E-state index contributed by atoms with van der Waals surface area (Å²) in [5, 5.41) is 0. The maximum Gasteiger partial charge on any atom is 0.273 e. The van der Waals surface area contributed by atoms with E-state index in [2.05, 4.69) is 12.1 Å². The summed E-state index contributed by atoms with van der Waals surface area (Å²) in [5.74, 6) is 0.855. The molecular weight excluding hydrogens is 232 g/mol. The summed E-state index contributed by atoms with van der Waals surface area (Å²) >= 11 is 1.73. The van der Waals surface area contributed by atoms with E-state index in [1.807, 2.05) is 18.2 Å². The molecule has 0 amide bonds. The van der Waals surface area contributed by atoms with Gasteiger partial charge in [-0.25, -0.2) is 0 Å².